The predicted molar refractivity (Wildman–Crippen MR) is 67.3 cm³/mol. The molecule has 0 spiro atoms. The van der Waals surface area contributed by atoms with Gasteiger partial charge in [-0.05, 0) is 36.4 Å². The van der Waals surface area contributed by atoms with E-state index < -0.39 is 0 Å². The standard InChI is InChI=1S/C12H8BrClFN/c13-7-12-10(14)5-6-11(16-12)8-1-3-9(15)4-2-8/h1-6H,7H2. The smallest absolute Gasteiger partial charge is 0.123 e. The largest absolute Gasteiger partial charge is 0.250 e. The normalized spacial score (nSPS) is 10.4. The second-order valence-corrected chi connectivity index (χ2v) is 4.23. The minimum Gasteiger partial charge on any atom is -0.250 e. The van der Waals surface area contributed by atoms with E-state index in [1.54, 1.807) is 18.2 Å². The first-order valence-electron chi connectivity index (χ1n) is 4.68. The lowest BCUT2D eigenvalue weighted by Gasteiger charge is -2.04. The molecule has 0 unspecified atom stereocenters. The van der Waals surface area contributed by atoms with Crippen LogP contribution in [0.25, 0.3) is 11.3 Å². The zero-order chi connectivity index (χ0) is 11.5. The Morgan fingerprint density at radius 2 is 1.81 bits per heavy atom. The molecular formula is C12H8BrClFN. The highest BCUT2D eigenvalue weighted by molar-refractivity contribution is 9.08. The zero-order valence-corrected chi connectivity index (χ0v) is 10.6. The first-order chi connectivity index (χ1) is 7.70. The molecule has 1 nitrogen and oxygen atoms in total. The van der Waals surface area contributed by atoms with Gasteiger partial charge in [0.25, 0.3) is 0 Å². The van der Waals surface area contributed by atoms with E-state index in [9.17, 15) is 4.39 Å². The minimum atomic E-state index is -0.251. The number of aromatic nitrogens is 1. The Balaban J connectivity index is 2.44. The summed E-state index contributed by atoms with van der Waals surface area (Å²) in [5.74, 6) is -0.251. The minimum absolute atomic E-state index is 0.251. The van der Waals surface area contributed by atoms with Crippen molar-refractivity contribution in [2.24, 2.45) is 0 Å². The molecule has 4 heteroatoms. The third-order valence-corrected chi connectivity index (χ3v) is 3.06. The van der Waals surface area contributed by atoms with E-state index in [4.69, 9.17) is 11.6 Å². The van der Waals surface area contributed by atoms with Gasteiger partial charge in [0, 0.05) is 10.9 Å². The third-order valence-electron chi connectivity index (χ3n) is 2.19. The maximum atomic E-state index is 12.8. The van der Waals surface area contributed by atoms with Crippen LogP contribution >= 0.6 is 27.5 Å². The van der Waals surface area contributed by atoms with E-state index in [0.717, 1.165) is 17.0 Å². The number of hydrogen-bond donors (Lipinski definition) is 0. The van der Waals surface area contributed by atoms with Crippen molar-refractivity contribution in [3.05, 3.63) is 52.9 Å². The van der Waals surface area contributed by atoms with E-state index in [-0.39, 0.29) is 5.82 Å². The molecule has 1 aromatic carbocycles. The first-order valence-corrected chi connectivity index (χ1v) is 6.18. The van der Waals surface area contributed by atoms with Crippen LogP contribution in [0, 0.1) is 5.82 Å². The van der Waals surface area contributed by atoms with E-state index in [0.29, 0.717) is 10.4 Å². The molecule has 2 rings (SSSR count). The van der Waals surface area contributed by atoms with Crippen LogP contribution in [0.15, 0.2) is 36.4 Å². The second kappa shape index (κ2) is 4.93. The molecule has 2 aromatic rings. The van der Waals surface area contributed by atoms with Crippen molar-refractivity contribution in [2.75, 3.05) is 0 Å². The van der Waals surface area contributed by atoms with Crippen molar-refractivity contribution in [1.82, 2.24) is 4.98 Å². The molecule has 1 heterocycles. The lowest BCUT2D eigenvalue weighted by Crippen LogP contribution is -1.90. The van der Waals surface area contributed by atoms with Gasteiger partial charge >= 0.3 is 0 Å². The van der Waals surface area contributed by atoms with Gasteiger partial charge in [-0.1, -0.05) is 27.5 Å². The van der Waals surface area contributed by atoms with Crippen LogP contribution in [0.1, 0.15) is 5.69 Å². The molecule has 0 saturated heterocycles. The number of pyridine rings is 1. The van der Waals surface area contributed by atoms with Crippen molar-refractivity contribution in [2.45, 2.75) is 5.33 Å². The number of nitrogens with zero attached hydrogens (tertiary/aromatic N) is 1. The summed E-state index contributed by atoms with van der Waals surface area (Å²) in [5, 5.41) is 1.23. The Labute approximate surface area is 106 Å². The van der Waals surface area contributed by atoms with Gasteiger partial charge in [0.05, 0.1) is 16.4 Å². The molecule has 0 aliphatic carbocycles. The summed E-state index contributed by atoms with van der Waals surface area (Å²) in [6.07, 6.45) is 0. The number of halogens is 3. The first kappa shape index (κ1) is 11.6. The van der Waals surface area contributed by atoms with Crippen LogP contribution in [0.5, 0.6) is 0 Å². The number of rotatable bonds is 2. The molecule has 0 aliphatic rings. The summed E-state index contributed by atoms with van der Waals surface area (Å²) in [6.45, 7) is 0. The summed E-state index contributed by atoms with van der Waals surface area (Å²) in [7, 11) is 0. The van der Waals surface area contributed by atoms with Gasteiger partial charge in [-0.25, -0.2) is 4.39 Å². The molecular weight excluding hydrogens is 292 g/mol. The Morgan fingerprint density at radius 3 is 2.44 bits per heavy atom. The van der Waals surface area contributed by atoms with Crippen molar-refractivity contribution in [3.8, 4) is 11.3 Å². The van der Waals surface area contributed by atoms with Crippen molar-refractivity contribution in [1.29, 1.82) is 0 Å². The van der Waals surface area contributed by atoms with E-state index in [1.807, 2.05) is 6.07 Å². The van der Waals surface area contributed by atoms with Gasteiger partial charge in [-0.2, -0.15) is 0 Å². The molecule has 0 N–H and O–H groups in total. The maximum Gasteiger partial charge on any atom is 0.123 e. The van der Waals surface area contributed by atoms with Crippen molar-refractivity contribution >= 4 is 27.5 Å². The van der Waals surface area contributed by atoms with Gasteiger partial charge in [-0.3, -0.25) is 4.98 Å². The van der Waals surface area contributed by atoms with Crippen molar-refractivity contribution in [3.63, 3.8) is 0 Å². The van der Waals surface area contributed by atoms with Gasteiger partial charge in [0.1, 0.15) is 5.82 Å². The highest BCUT2D eigenvalue weighted by atomic mass is 79.9. The summed E-state index contributed by atoms with van der Waals surface area (Å²) in [6, 6.07) is 9.84. The van der Waals surface area contributed by atoms with Crippen LogP contribution < -0.4 is 0 Å². The number of alkyl halides is 1. The molecule has 0 amide bonds. The summed E-state index contributed by atoms with van der Waals surface area (Å²) in [5.41, 5.74) is 2.45. The van der Waals surface area contributed by atoms with Crippen LogP contribution in [0.4, 0.5) is 4.39 Å². The third kappa shape index (κ3) is 2.42. The molecule has 0 saturated carbocycles. The molecule has 0 fully saturated rings. The SMILES string of the molecule is Fc1ccc(-c2ccc(Cl)c(CBr)n2)cc1. The Morgan fingerprint density at radius 1 is 1.12 bits per heavy atom. The highest BCUT2D eigenvalue weighted by Gasteiger charge is 2.04. The quantitative estimate of drug-likeness (QED) is 0.747. The van der Waals surface area contributed by atoms with Crippen LogP contribution in [-0.4, -0.2) is 4.98 Å². The highest BCUT2D eigenvalue weighted by Crippen LogP contribution is 2.23. The molecule has 0 bridgehead atoms. The fourth-order valence-electron chi connectivity index (χ4n) is 1.36. The molecule has 0 radical (unpaired) electrons. The van der Waals surface area contributed by atoms with Gasteiger partial charge in [0.15, 0.2) is 0 Å². The van der Waals surface area contributed by atoms with Crippen LogP contribution in [0.3, 0.4) is 0 Å². The second-order valence-electron chi connectivity index (χ2n) is 3.27. The summed E-state index contributed by atoms with van der Waals surface area (Å²) >= 11 is 9.28. The monoisotopic (exact) mass is 299 g/mol. The summed E-state index contributed by atoms with van der Waals surface area (Å²) < 4.78 is 12.8. The fourth-order valence-corrected chi connectivity index (χ4v) is 2.12. The molecule has 0 atom stereocenters. The lowest BCUT2D eigenvalue weighted by atomic mass is 10.1. The number of hydrogen-bond acceptors (Lipinski definition) is 1. The Kier molecular flexibility index (Phi) is 3.56. The molecule has 1 aromatic heterocycles. The lowest BCUT2D eigenvalue weighted by molar-refractivity contribution is 0.628. The predicted octanol–water partition coefficient (Wildman–Crippen LogP) is 4.44. The average Bonchev–Trinajstić information content (AvgIpc) is 2.31. The van der Waals surface area contributed by atoms with Crippen LogP contribution in [-0.2, 0) is 5.33 Å². The zero-order valence-electron chi connectivity index (χ0n) is 8.25. The van der Waals surface area contributed by atoms with Gasteiger partial charge in [-0.15, -0.1) is 0 Å². The topological polar surface area (TPSA) is 12.9 Å². The van der Waals surface area contributed by atoms with Crippen molar-refractivity contribution < 1.29 is 4.39 Å². The average molecular weight is 301 g/mol. The molecule has 82 valence electrons. The van der Waals surface area contributed by atoms with E-state index in [2.05, 4.69) is 20.9 Å². The Bertz CT molecular complexity index is 499. The van der Waals surface area contributed by atoms with Crippen LogP contribution in [0.2, 0.25) is 5.02 Å². The summed E-state index contributed by atoms with van der Waals surface area (Å²) in [4.78, 5) is 4.39. The van der Waals surface area contributed by atoms with E-state index in [1.165, 1.54) is 12.1 Å². The number of benzene rings is 1. The molecule has 0 aliphatic heterocycles. The molecule has 16 heavy (non-hydrogen) atoms. The van der Waals surface area contributed by atoms with Gasteiger partial charge in [0.2, 0.25) is 0 Å². The fraction of sp³-hybridized carbons (Fsp3) is 0.0833. The van der Waals surface area contributed by atoms with E-state index >= 15 is 0 Å². The van der Waals surface area contributed by atoms with Gasteiger partial charge < -0.3 is 0 Å². The maximum absolute atomic E-state index is 12.8. The Hall–Kier alpha value is -0.930.